The second-order valence-corrected chi connectivity index (χ2v) is 7.28. The molecule has 0 spiro atoms. The van der Waals surface area contributed by atoms with Crippen LogP contribution in [0.25, 0.3) is 0 Å². The first-order valence-electron chi connectivity index (χ1n) is 9.55. The quantitative estimate of drug-likeness (QED) is 0.665. The number of nitrogens with zero attached hydrogens (tertiary/aromatic N) is 1. The van der Waals surface area contributed by atoms with Crippen LogP contribution in [0.2, 0.25) is 0 Å². The van der Waals surface area contributed by atoms with Crippen LogP contribution in [0.1, 0.15) is 25.7 Å². The van der Waals surface area contributed by atoms with E-state index in [1.165, 1.54) is 38.9 Å². The molecule has 0 aromatic heterocycles. The summed E-state index contributed by atoms with van der Waals surface area (Å²) in [6.07, 6.45) is 5.27. The van der Waals surface area contributed by atoms with E-state index in [4.69, 9.17) is 9.47 Å². The van der Waals surface area contributed by atoms with Gasteiger partial charge in [-0.2, -0.15) is 0 Å². The molecular weight excluding hydrogens is 310 g/mol. The Morgan fingerprint density at radius 2 is 1.52 bits per heavy atom. The van der Waals surface area contributed by atoms with E-state index in [-0.39, 0.29) is 0 Å². The van der Waals surface area contributed by atoms with Gasteiger partial charge in [0.15, 0.2) is 0 Å². The number of piperidine rings is 3. The second kappa shape index (κ2) is 7.92. The Hall–Kier alpha value is -2.00. The highest BCUT2D eigenvalue weighted by atomic mass is 16.5. The Morgan fingerprint density at radius 3 is 2.20 bits per heavy atom. The van der Waals surface area contributed by atoms with Gasteiger partial charge in [-0.3, -0.25) is 0 Å². The Bertz CT molecular complexity index is 647. The highest BCUT2D eigenvalue weighted by Crippen LogP contribution is 2.34. The molecule has 2 aromatic carbocycles. The van der Waals surface area contributed by atoms with E-state index >= 15 is 0 Å². The first-order chi connectivity index (χ1) is 12.4. The summed E-state index contributed by atoms with van der Waals surface area (Å²) in [7, 11) is 0. The molecule has 0 N–H and O–H groups in total. The highest BCUT2D eigenvalue weighted by Gasteiger charge is 2.33. The second-order valence-electron chi connectivity index (χ2n) is 7.28. The van der Waals surface area contributed by atoms with E-state index in [0.29, 0.717) is 0 Å². The normalized spacial score (nSPS) is 24.9. The lowest BCUT2D eigenvalue weighted by atomic mass is 9.77. The van der Waals surface area contributed by atoms with E-state index in [1.54, 1.807) is 0 Å². The van der Waals surface area contributed by atoms with E-state index in [9.17, 15) is 0 Å². The lowest BCUT2D eigenvalue weighted by Gasteiger charge is -2.45. The lowest BCUT2D eigenvalue weighted by molar-refractivity contribution is 0.0438. The molecular formula is C22H27NO2. The maximum absolute atomic E-state index is 5.91. The molecule has 0 radical (unpaired) electrons. The molecule has 0 aliphatic carbocycles. The smallest absolute Gasteiger partial charge is 0.127 e. The molecule has 2 aromatic rings. The molecule has 1 unspecified atom stereocenters. The van der Waals surface area contributed by atoms with Crippen molar-refractivity contribution in [3.05, 3.63) is 54.6 Å². The number of hydrogen-bond acceptors (Lipinski definition) is 3. The van der Waals surface area contributed by atoms with Gasteiger partial charge in [-0.05, 0) is 87.0 Å². The van der Waals surface area contributed by atoms with Crippen molar-refractivity contribution >= 4 is 0 Å². The summed E-state index contributed by atoms with van der Waals surface area (Å²) in [6.45, 7) is 4.78. The van der Waals surface area contributed by atoms with Crippen molar-refractivity contribution in [2.45, 2.75) is 25.7 Å². The zero-order valence-electron chi connectivity index (χ0n) is 14.8. The fourth-order valence-corrected chi connectivity index (χ4v) is 4.18. The third-order valence-electron chi connectivity index (χ3n) is 5.58. The minimum Gasteiger partial charge on any atom is -0.494 e. The number of fused-ring (bicyclic) bond motifs is 3. The summed E-state index contributed by atoms with van der Waals surface area (Å²) in [4.78, 5) is 2.64. The molecule has 0 amide bonds. The topological polar surface area (TPSA) is 21.7 Å². The predicted octanol–water partition coefficient (Wildman–Crippen LogP) is 4.98. The first-order valence-corrected chi connectivity index (χ1v) is 9.55. The molecule has 0 saturated carbocycles. The summed E-state index contributed by atoms with van der Waals surface area (Å²) < 4.78 is 11.7. The van der Waals surface area contributed by atoms with Gasteiger partial charge in [0, 0.05) is 6.54 Å². The molecule has 25 heavy (non-hydrogen) atoms. The SMILES string of the molecule is c1ccc(Oc2ccc(OCCCC3CN4CCC3CC4)cc2)cc1. The van der Waals surface area contributed by atoms with Crippen molar-refractivity contribution in [3.63, 3.8) is 0 Å². The van der Waals surface area contributed by atoms with E-state index in [1.807, 2.05) is 54.6 Å². The van der Waals surface area contributed by atoms with Gasteiger partial charge in [-0.15, -0.1) is 0 Å². The van der Waals surface area contributed by atoms with Crippen molar-refractivity contribution in [3.8, 4) is 17.2 Å². The number of rotatable bonds is 7. The van der Waals surface area contributed by atoms with Crippen LogP contribution in [0.15, 0.2) is 54.6 Å². The van der Waals surface area contributed by atoms with Gasteiger partial charge < -0.3 is 14.4 Å². The summed E-state index contributed by atoms with van der Waals surface area (Å²) >= 11 is 0. The van der Waals surface area contributed by atoms with E-state index in [2.05, 4.69) is 4.90 Å². The van der Waals surface area contributed by atoms with Crippen LogP contribution in [-0.4, -0.2) is 31.1 Å². The maximum atomic E-state index is 5.91. The molecule has 1 atom stereocenters. The molecule has 3 fully saturated rings. The zero-order chi connectivity index (χ0) is 16.9. The van der Waals surface area contributed by atoms with Gasteiger partial charge in [0.2, 0.25) is 0 Å². The largest absolute Gasteiger partial charge is 0.494 e. The fourth-order valence-electron chi connectivity index (χ4n) is 4.18. The van der Waals surface area contributed by atoms with Crippen LogP contribution < -0.4 is 9.47 Å². The van der Waals surface area contributed by atoms with E-state index < -0.39 is 0 Å². The standard InChI is InChI=1S/C22H27NO2/c1-2-6-21(7-3-1)25-22-10-8-20(9-11-22)24-16-4-5-19-17-23-14-12-18(19)13-15-23/h1-3,6-11,18-19H,4-5,12-17H2. The van der Waals surface area contributed by atoms with E-state index in [0.717, 1.165) is 42.1 Å². The molecule has 3 aliphatic rings. The predicted molar refractivity (Wildman–Crippen MR) is 100 cm³/mol. The van der Waals surface area contributed by atoms with Crippen LogP contribution in [0, 0.1) is 11.8 Å². The summed E-state index contributed by atoms with van der Waals surface area (Å²) in [6, 6.07) is 17.8. The Morgan fingerprint density at radius 1 is 0.840 bits per heavy atom. The van der Waals surface area contributed by atoms with Crippen LogP contribution in [0.3, 0.4) is 0 Å². The molecule has 3 heterocycles. The summed E-state index contributed by atoms with van der Waals surface area (Å²) in [5.41, 5.74) is 0. The number of para-hydroxylation sites is 1. The molecule has 5 rings (SSSR count). The van der Waals surface area contributed by atoms with Gasteiger partial charge in [0.1, 0.15) is 17.2 Å². The summed E-state index contributed by atoms with van der Waals surface area (Å²) in [5.74, 6) is 4.49. The van der Waals surface area contributed by atoms with Crippen molar-refractivity contribution in [2.24, 2.45) is 11.8 Å². The minimum absolute atomic E-state index is 0.808. The third-order valence-corrected chi connectivity index (χ3v) is 5.58. The molecule has 3 saturated heterocycles. The third kappa shape index (κ3) is 4.35. The highest BCUT2D eigenvalue weighted by molar-refractivity contribution is 5.35. The Kier molecular flexibility index (Phi) is 5.22. The Balaban J connectivity index is 1.20. The maximum Gasteiger partial charge on any atom is 0.127 e. The van der Waals surface area contributed by atoms with Gasteiger partial charge in [0.25, 0.3) is 0 Å². The van der Waals surface area contributed by atoms with Crippen LogP contribution in [0.4, 0.5) is 0 Å². The van der Waals surface area contributed by atoms with Crippen LogP contribution in [0.5, 0.6) is 17.2 Å². The monoisotopic (exact) mass is 337 g/mol. The summed E-state index contributed by atoms with van der Waals surface area (Å²) in [5, 5.41) is 0. The van der Waals surface area contributed by atoms with Crippen molar-refractivity contribution in [2.75, 3.05) is 26.2 Å². The first kappa shape index (κ1) is 16.5. The van der Waals surface area contributed by atoms with Crippen molar-refractivity contribution in [1.82, 2.24) is 4.90 Å². The molecule has 3 nitrogen and oxygen atoms in total. The molecule has 2 bridgehead atoms. The zero-order valence-corrected chi connectivity index (χ0v) is 14.8. The molecule has 3 heteroatoms. The number of hydrogen-bond donors (Lipinski definition) is 0. The van der Waals surface area contributed by atoms with Gasteiger partial charge in [-0.1, -0.05) is 18.2 Å². The number of benzene rings is 2. The average molecular weight is 337 g/mol. The fraction of sp³-hybridized carbons (Fsp3) is 0.455. The lowest BCUT2D eigenvalue weighted by Crippen LogP contribution is -2.47. The Labute approximate surface area is 150 Å². The van der Waals surface area contributed by atoms with Crippen LogP contribution >= 0.6 is 0 Å². The van der Waals surface area contributed by atoms with Crippen molar-refractivity contribution < 1.29 is 9.47 Å². The number of ether oxygens (including phenoxy) is 2. The molecule has 3 aliphatic heterocycles. The van der Waals surface area contributed by atoms with Gasteiger partial charge in [0.05, 0.1) is 6.61 Å². The minimum atomic E-state index is 0.808. The average Bonchev–Trinajstić information content (AvgIpc) is 2.68. The molecule has 132 valence electrons. The van der Waals surface area contributed by atoms with Crippen LogP contribution in [-0.2, 0) is 0 Å². The van der Waals surface area contributed by atoms with Crippen molar-refractivity contribution in [1.29, 1.82) is 0 Å². The van der Waals surface area contributed by atoms with Gasteiger partial charge >= 0.3 is 0 Å². The van der Waals surface area contributed by atoms with Gasteiger partial charge in [-0.25, -0.2) is 0 Å².